The van der Waals surface area contributed by atoms with Crippen LogP contribution in [0.4, 0.5) is 5.82 Å². The third-order valence-corrected chi connectivity index (χ3v) is 4.58. The van der Waals surface area contributed by atoms with E-state index in [0.29, 0.717) is 24.4 Å². The summed E-state index contributed by atoms with van der Waals surface area (Å²) >= 11 is 0. The summed E-state index contributed by atoms with van der Waals surface area (Å²) in [6.07, 6.45) is 8.87. The first-order valence-corrected chi connectivity index (χ1v) is 8.58. The lowest BCUT2D eigenvalue weighted by Gasteiger charge is -2.23. The first kappa shape index (κ1) is 16.3. The van der Waals surface area contributed by atoms with Crippen LogP contribution in [0.25, 0.3) is 0 Å². The fourth-order valence-corrected chi connectivity index (χ4v) is 3.24. The van der Waals surface area contributed by atoms with Crippen LogP contribution in [0.3, 0.4) is 0 Å². The van der Waals surface area contributed by atoms with Crippen LogP contribution in [0, 0.1) is 11.3 Å². The van der Waals surface area contributed by atoms with E-state index in [4.69, 9.17) is 5.26 Å². The van der Waals surface area contributed by atoms with Crippen molar-refractivity contribution in [3.8, 4) is 6.07 Å². The highest BCUT2D eigenvalue weighted by atomic mass is 16.1. The van der Waals surface area contributed by atoms with Crippen molar-refractivity contribution in [2.45, 2.75) is 51.0 Å². The second kappa shape index (κ2) is 7.78. The van der Waals surface area contributed by atoms with Gasteiger partial charge >= 0.3 is 0 Å². The monoisotopic (exact) mass is 322 g/mol. The maximum Gasteiger partial charge on any atom is 0.225 e. The van der Waals surface area contributed by atoms with E-state index in [1.54, 1.807) is 18.3 Å². The number of hydrogen-bond donors (Lipinski definition) is 1. The van der Waals surface area contributed by atoms with E-state index in [2.05, 4.69) is 16.5 Å². The molecule has 124 valence electrons. The molecule has 24 heavy (non-hydrogen) atoms. The molecule has 2 aromatic rings. The number of carbonyl (C=O) groups excluding carboxylic acids is 1. The summed E-state index contributed by atoms with van der Waals surface area (Å²) in [6, 6.07) is 11.7. The minimum atomic E-state index is -0.00285. The van der Waals surface area contributed by atoms with Crippen LogP contribution in [0.2, 0.25) is 0 Å². The van der Waals surface area contributed by atoms with Gasteiger partial charge in [0.1, 0.15) is 5.82 Å². The highest BCUT2D eigenvalue weighted by Crippen LogP contribution is 2.29. The molecule has 1 aliphatic carbocycles. The minimum absolute atomic E-state index is 0.00285. The number of nitrogens with one attached hydrogen (secondary N) is 1. The Morgan fingerprint density at radius 2 is 1.96 bits per heavy atom. The standard InChI is InChI=1S/C19H22N4O/c20-14-16-8-6-15(7-9-16)10-11-19(24)22-18-12-13-21-23(18)17-4-2-1-3-5-17/h6-9,12-13,17H,1-5,10-11H2,(H,22,24). The average molecular weight is 322 g/mol. The van der Waals surface area contributed by atoms with Gasteiger partial charge in [-0.2, -0.15) is 10.4 Å². The summed E-state index contributed by atoms with van der Waals surface area (Å²) in [5.41, 5.74) is 1.70. The van der Waals surface area contributed by atoms with Crippen molar-refractivity contribution in [1.29, 1.82) is 5.26 Å². The second-order valence-electron chi connectivity index (χ2n) is 6.31. The lowest BCUT2D eigenvalue weighted by Crippen LogP contribution is -2.20. The number of amides is 1. The number of benzene rings is 1. The molecule has 1 N–H and O–H groups in total. The summed E-state index contributed by atoms with van der Waals surface area (Å²) in [5, 5.41) is 16.2. The second-order valence-corrected chi connectivity index (χ2v) is 6.31. The Balaban J connectivity index is 1.55. The Morgan fingerprint density at radius 1 is 1.21 bits per heavy atom. The van der Waals surface area contributed by atoms with E-state index in [9.17, 15) is 4.79 Å². The molecule has 0 radical (unpaired) electrons. The van der Waals surface area contributed by atoms with E-state index in [1.807, 2.05) is 22.9 Å². The van der Waals surface area contributed by atoms with Gasteiger partial charge in [-0.15, -0.1) is 0 Å². The Morgan fingerprint density at radius 3 is 2.67 bits per heavy atom. The number of rotatable bonds is 5. The fraction of sp³-hybridized carbons (Fsp3) is 0.421. The molecular formula is C19H22N4O. The number of aromatic nitrogens is 2. The maximum atomic E-state index is 12.2. The Bertz CT molecular complexity index is 721. The molecule has 0 aliphatic heterocycles. The van der Waals surface area contributed by atoms with Crippen LogP contribution in [0.15, 0.2) is 36.5 Å². The molecule has 0 spiro atoms. The predicted octanol–water partition coefficient (Wildman–Crippen LogP) is 3.83. The predicted molar refractivity (Wildman–Crippen MR) is 92.5 cm³/mol. The Kier molecular flexibility index (Phi) is 5.27. The smallest absolute Gasteiger partial charge is 0.225 e. The number of hydrogen-bond acceptors (Lipinski definition) is 3. The molecule has 5 nitrogen and oxygen atoms in total. The van der Waals surface area contributed by atoms with Gasteiger partial charge < -0.3 is 5.32 Å². The van der Waals surface area contributed by atoms with Gasteiger partial charge in [0.2, 0.25) is 5.91 Å². The molecule has 0 unspecified atom stereocenters. The van der Waals surface area contributed by atoms with Gasteiger partial charge in [-0.05, 0) is 37.0 Å². The van der Waals surface area contributed by atoms with Crippen molar-refractivity contribution < 1.29 is 4.79 Å². The van der Waals surface area contributed by atoms with Crippen molar-refractivity contribution in [2.75, 3.05) is 5.32 Å². The van der Waals surface area contributed by atoms with E-state index in [-0.39, 0.29) is 5.91 Å². The molecular weight excluding hydrogens is 300 g/mol. The van der Waals surface area contributed by atoms with Crippen LogP contribution in [-0.4, -0.2) is 15.7 Å². The highest BCUT2D eigenvalue weighted by molar-refractivity contribution is 5.89. The third-order valence-electron chi connectivity index (χ3n) is 4.58. The van der Waals surface area contributed by atoms with Gasteiger partial charge in [0, 0.05) is 12.5 Å². The quantitative estimate of drug-likeness (QED) is 0.909. The van der Waals surface area contributed by atoms with Crippen LogP contribution in [0.1, 0.15) is 55.7 Å². The van der Waals surface area contributed by atoms with E-state index in [0.717, 1.165) is 24.2 Å². The van der Waals surface area contributed by atoms with Gasteiger partial charge in [0.15, 0.2) is 0 Å². The highest BCUT2D eigenvalue weighted by Gasteiger charge is 2.19. The zero-order chi connectivity index (χ0) is 16.8. The molecule has 1 saturated carbocycles. The topological polar surface area (TPSA) is 70.7 Å². The van der Waals surface area contributed by atoms with Gasteiger partial charge in [0.05, 0.1) is 23.9 Å². The number of nitrogens with zero attached hydrogens (tertiary/aromatic N) is 3. The number of anilines is 1. The number of nitriles is 1. The summed E-state index contributed by atoms with van der Waals surface area (Å²) in [7, 11) is 0. The molecule has 5 heteroatoms. The van der Waals surface area contributed by atoms with Crippen molar-refractivity contribution in [3.63, 3.8) is 0 Å². The van der Waals surface area contributed by atoms with Crippen LogP contribution in [0.5, 0.6) is 0 Å². The molecule has 1 heterocycles. The number of carbonyl (C=O) groups is 1. The zero-order valence-corrected chi connectivity index (χ0v) is 13.7. The fourth-order valence-electron chi connectivity index (χ4n) is 3.24. The minimum Gasteiger partial charge on any atom is -0.311 e. The van der Waals surface area contributed by atoms with E-state index in [1.165, 1.54) is 19.3 Å². The summed E-state index contributed by atoms with van der Waals surface area (Å²) in [4.78, 5) is 12.2. The maximum absolute atomic E-state index is 12.2. The van der Waals surface area contributed by atoms with E-state index < -0.39 is 0 Å². The first-order valence-electron chi connectivity index (χ1n) is 8.58. The zero-order valence-electron chi connectivity index (χ0n) is 13.7. The molecule has 0 atom stereocenters. The first-order chi connectivity index (χ1) is 11.8. The SMILES string of the molecule is N#Cc1ccc(CCC(=O)Nc2ccnn2C2CCCCC2)cc1. The van der Waals surface area contributed by atoms with Crippen molar-refractivity contribution in [3.05, 3.63) is 47.7 Å². The molecule has 1 amide bonds. The molecule has 0 saturated heterocycles. The Labute approximate surface area is 142 Å². The lowest BCUT2D eigenvalue weighted by molar-refractivity contribution is -0.116. The van der Waals surface area contributed by atoms with E-state index >= 15 is 0 Å². The molecule has 1 aliphatic rings. The van der Waals surface area contributed by atoms with Crippen LogP contribution in [-0.2, 0) is 11.2 Å². The van der Waals surface area contributed by atoms with Crippen molar-refractivity contribution in [1.82, 2.24) is 9.78 Å². The molecule has 1 aromatic heterocycles. The third kappa shape index (κ3) is 4.02. The molecule has 1 fully saturated rings. The van der Waals surface area contributed by atoms with Gasteiger partial charge in [-0.25, -0.2) is 4.68 Å². The summed E-state index contributed by atoms with van der Waals surface area (Å²) < 4.78 is 1.97. The van der Waals surface area contributed by atoms with Gasteiger partial charge in [0.25, 0.3) is 0 Å². The molecule has 1 aromatic carbocycles. The average Bonchev–Trinajstić information content (AvgIpc) is 3.09. The Hall–Kier alpha value is -2.61. The van der Waals surface area contributed by atoms with Crippen molar-refractivity contribution >= 4 is 11.7 Å². The van der Waals surface area contributed by atoms with Crippen molar-refractivity contribution in [2.24, 2.45) is 0 Å². The normalized spacial score (nSPS) is 15.0. The van der Waals surface area contributed by atoms with Gasteiger partial charge in [-0.1, -0.05) is 31.4 Å². The molecule has 3 rings (SSSR count). The lowest BCUT2D eigenvalue weighted by atomic mass is 9.96. The summed E-state index contributed by atoms with van der Waals surface area (Å²) in [5.74, 6) is 0.795. The molecule has 0 bridgehead atoms. The largest absolute Gasteiger partial charge is 0.311 e. The van der Waals surface area contributed by atoms with Crippen LogP contribution < -0.4 is 5.32 Å². The van der Waals surface area contributed by atoms with Crippen LogP contribution >= 0.6 is 0 Å². The summed E-state index contributed by atoms with van der Waals surface area (Å²) in [6.45, 7) is 0. The number of aryl methyl sites for hydroxylation is 1. The van der Waals surface area contributed by atoms with Gasteiger partial charge in [-0.3, -0.25) is 4.79 Å².